The zero-order chi connectivity index (χ0) is 23.4. The third-order valence-corrected chi connectivity index (χ3v) is 5.70. The maximum Gasteiger partial charge on any atom is 0.259 e. The molecule has 0 spiro atoms. The molecule has 3 N–H and O–H groups in total. The molecule has 3 rings (SSSR count). The minimum Gasteiger partial charge on any atom is -0.493 e. The molecule has 0 aliphatic carbocycles. The molecule has 2 heterocycles. The van der Waals surface area contributed by atoms with Crippen LogP contribution in [-0.2, 0) is 10.2 Å². The van der Waals surface area contributed by atoms with E-state index in [2.05, 4.69) is 84.3 Å². The first-order chi connectivity index (χ1) is 14.6. The van der Waals surface area contributed by atoms with Gasteiger partial charge in [-0.25, -0.2) is 0 Å². The van der Waals surface area contributed by atoms with Crippen molar-refractivity contribution < 1.29 is 4.74 Å². The summed E-state index contributed by atoms with van der Waals surface area (Å²) in [7, 11) is 1.57. The van der Waals surface area contributed by atoms with Crippen LogP contribution in [0.5, 0.6) is 0 Å². The largest absolute Gasteiger partial charge is 0.493 e. The van der Waals surface area contributed by atoms with E-state index in [1.165, 1.54) is 15.6 Å². The Morgan fingerprint density at radius 3 is 2.23 bits per heavy atom. The fourth-order valence-corrected chi connectivity index (χ4v) is 3.07. The normalized spacial score (nSPS) is 12.4. The molecule has 8 nitrogen and oxygen atoms in total. The van der Waals surface area contributed by atoms with Crippen LogP contribution in [0.3, 0.4) is 0 Å². The maximum absolute atomic E-state index is 6.12. The van der Waals surface area contributed by atoms with Gasteiger partial charge >= 0.3 is 0 Å². The predicted molar refractivity (Wildman–Crippen MR) is 127 cm³/mol. The molecule has 0 bridgehead atoms. The lowest BCUT2D eigenvalue weighted by molar-refractivity contribution is 0.332. The average Bonchev–Trinajstić information content (AvgIpc) is 3.15. The van der Waals surface area contributed by atoms with Gasteiger partial charge in [0.2, 0.25) is 17.7 Å². The molecule has 0 atom stereocenters. The lowest BCUT2D eigenvalue weighted by Crippen LogP contribution is -2.49. The molecule has 0 fully saturated rings. The number of allylic oxidation sites excluding steroid dienone is 1. The van der Waals surface area contributed by atoms with Crippen molar-refractivity contribution >= 4 is 23.4 Å². The average molecular weight is 426 g/mol. The molecule has 168 valence electrons. The van der Waals surface area contributed by atoms with Gasteiger partial charge in [0.05, 0.1) is 7.11 Å². The second kappa shape index (κ2) is 9.32. The van der Waals surface area contributed by atoms with Gasteiger partial charge in [0.15, 0.2) is 5.76 Å². The number of fused-ring (bicyclic) bond motifs is 1. The number of aromatic nitrogens is 5. The molecular formula is C23H35N7O. The van der Waals surface area contributed by atoms with Gasteiger partial charge in [-0.1, -0.05) is 57.5 Å². The summed E-state index contributed by atoms with van der Waals surface area (Å²) in [6.07, 6.45) is 1.78. The van der Waals surface area contributed by atoms with Gasteiger partial charge in [-0.05, 0) is 39.3 Å². The standard InChI is InChI=1S/C21H29N7O.C2H6/c1-8-15(29-7)16-23-19-25-18(24-17(22)28(19)27-16)26-21(5,6)20(3,4)14-11-9-13(2)10-12-14;1-2/h8-12H,1-7H3,(H3,22,23,24,25,26,27);1-2H3/b15-8-;. The van der Waals surface area contributed by atoms with Crippen LogP contribution in [0.1, 0.15) is 65.4 Å². The fraction of sp³-hybridized carbons (Fsp3) is 0.478. The number of nitrogens with zero attached hydrogens (tertiary/aromatic N) is 5. The van der Waals surface area contributed by atoms with Crippen molar-refractivity contribution in [3.8, 4) is 0 Å². The second-order valence-corrected chi connectivity index (χ2v) is 8.15. The van der Waals surface area contributed by atoms with E-state index in [4.69, 9.17) is 10.5 Å². The molecule has 0 radical (unpaired) electrons. The lowest BCUT2D eigenvalue weighted by atomic mass is 9.69. The summed E-state index contributed by atoms with van der Waals surface area (Å²) in [5.74, 6) is 1.92. The van der Waals surface area contributed by atoms with Crippen LogP contribution in [0.15, 0.2) is 30.3 Å². The molecule has 2 aromatic heterocycles. The number of aryl methyl sites for hydroxylation is 1. The van der Waals surface area contributed by atoms with Gasteiger partial charge in [0, 0.05) is 11.0 Å². The van der Waals surface area contributed by atoms with Crippen molar-refractivity contribution in [3.05, 3.63) is 47.3 Å². The highest BCUT2D eigenvalue weighted by atomic mass is 16.5. The number of ether oxygens (including phenoxy) is 1. The van der Waals surface area contributed by atoms with Crippen molar-refractivity contribution in [2.24, 2.45) is 0 Å². The molecule has 1 aromatic carbocycles. The molecule has 0 saturated heterocycles. The minimum atomic E-state index is -0.378. The molecule has 0 aliphatic rings. The summed E-state index contributed by atoms with van der Waals surface area (Å²) in [4.78, 5) is 13.3. The Morgan fingerprint density at radius 2 is 1.68 bits per heavy atom. The number of nitrogens with two attached hydrogens (primary N) is 1. The number of nitrogens with one attached hydrogen (secondary N) is 1. The molecule has 3 aromatic rings. The smallest absolute Gasteiger partial charge is 0.259 e. The van der Waals surface area contributed by atoms with Crippen LogP contribution in [0, 0.1) is 6.92 Å². The number of methoxy groups -OCH3 is 1. The van der Waals surface area contributed by atoms with Crippen LogP contribution >= 0.6 is 0 Å². The van der Waals surface area contributed by atoms with Crippen molar-refractivity contribution in [3.63, 3.8) is 0 Å². The van der Waals surface area contributed by atoms with E-state index in [1.807, 2.05) is 20.8 Å². The van der Waals surface area contributed by atoms with Crippen LogP contribution in [-0.4, -0.2) is 37.2 Å². The van der Waals surface area contributed by atoms with Gasteiger partial charge < -0.3 is 15.8 Å². The summed E-state index contributed by atoms with van der Waals surface area (Å²) in [6.45, 7) is 16.6. The molecule has 0 aliphatic heterocycles. The molecule has 31 heavy (non-hydrogen) atoms. The lowest BCUT2D eigenvalue weighted by Gasteiger charge is -2.42. The van der Waals surface area contributed by atoms with E-state index in [0.717, 1.165) is 0 Å². The minimum absolute atomic E-state index is 0.201. The number of nitrogen functional groups attached to an aromatic ring is 1. The number of hydrogen-bond donors (Lipinski definition) is 2. The van der Waals surface area contributed by atoms with Crippen molar-refractivity contribution in [1.82, 2.24) is 24.6 Å². The fourth-order valence-electron chi connectivity index (χ4n) is 3.07. The quantitative estimate of drug-likeness (QED) is 0.556. The summed E-state index contributed by atoms with van der Waals surface area (Å²) < 4.78 is 6.69. The van der Waals surface area contributed by atoms with Crippen molar-refractivity contribution in [2.45, 2.75) is 66.3 Å². The number of rotatable bonds is 6. The highest BCUT2D eigenvalue weighted by Gasteiger charge is 2.39. The molecule has 0 unspecified atom stereocenters. The zero-order valence-electron chi connectivity index (χ0n) is 20.1. The summed E-state index contributed by atoms with van der Waals surface area (Å²) >= 11 is 0. The number of benzene rings is 1. The van der Waals surface area contributed by atoms with Crippen LogP contribution in [0.4, 0.5) is 11.9 Å². The van der Waals surface area contributed by atoms with Gasteiger partial charge in [-0.15, -0.1) is 5.10 Å². The van der Waals surface area contributed by atoms with Gasteiger partial charge in [-0.2, -0.15) is 19.5 Å². The third kappa shape index (κ3) is 4.78. The molecule has 0 saturated carbocycles. The SMILES string of the molecule is C/C=C(\OC)c1nc2nc(NC(C)(C)C(C)(C)c3ccc(C)cc3)nc(N)n2n1.CC. The van der Waals surface area contributed by atoms with Crippen LogP contribution < -0.4 is 11.1 Å². The highest BCUT2D eigenvalue weighted by molar-refractivity contribution is 5.55. The van der Waals surface area contributed by atoms with Crippen LogP contribution in [0.2, 0.25) is 0 Å². The maximum atomic E-state index is 6.12. The van der Waals surface area contributed by atoms with E-state index >= 15 is 0 Å². The first-order valence-corrected chi connectivity index (χ1v) is 10.6. The van der Waals surface area contributed by atoms with Crippen molar-refractivity contribution in [2.75, 3.05) is 18.2 Å². The first kappa shape index (κ1) is 24.1. The van der Waals surface area contributed by atoms with Gasteiger partial charge in [-0.3, -0.25) is 0 Å². The number of hydrogen-bond acceptors (Lipinski definition) is 7. The first-order valence-electron chi connectivity index (χ1n) is 10.6. The Labute approximate surface area is 185 Å². The second-order valence-electron chi connectivity index (χ2n) is 8.15. The third-order valence-electron chi connectivity index (χ3n) is 5.70. The van der Waals surface area contributed by atoms with E-state index in [0.29, 0.717) is 23.3 Å². The summed E-state index contributed by atoms with van der Waals surface area (Å²) in [5, 5.41) is 7.77. The molecule has 8 heteroatoms. The monoisotopic (exact) mass is 425 g/mol. The van der Waals surface area contributed by atoms with Gasteiger partial charge in [0.1, 0.15) is 0 Å². The Morgan fingerprint density at radius 1 is 1.06 bits per heavy atom. The Kier molecular flexibility index (Phi) is 7.25. The molecular weight excluding hydrogens is 390 g/mol. The Bertz CT molecular complexity index is 1050. The Balaban J connectivity index is 0.00000166. The van der Waals surface area contributed by atoms with E-state index in [9.17, 15) is 0 Å². The number of anilines is 2. The highest BCUT2D eigenvalue weighted by Crippen LogP contribution is 2.36. The summed E-state index contributed by atoms with van der Waals surface area (Å²) in [6, 6.07) is 8.57. The predicted octanol–water partition coefficient (Wildman–Crippen LogP) is 4.61. The molecule has 0 amide bonds. The van der Waals surface area contributed by atoms with Crippen LogP contribution in [0.25, 0.3) is 11.5 Å². The topological polar surface area (TPSA) is 103 Å². The summed E-state index contributed by atoms with van der Waals surface area (Å²) in [5.41, 5.74) is 7.98. The zero-order valence-corrected chi connectivity index (χ0v) is 20.1. The van der Waals surface area contributed by atoms with E-state index < -0.39 is 0 Å². The van der Waals surface area contributed by atoms with E-state index in [1.54, 1.807) is 13.2 Å². The Hall–Kier alpha value is -3.16. The van der Waals surface area contributed by atoms with E-state index in [-0.39, 0.29) is 16.9 Å². The van der Waals surface area contributed by atoms with Gasteiger partial charge in [0.25, 0.3) is 5.78 Å². The van der Waals surface area contributed by atoms with Crippen molar-refractivity contribution in [1.29, 1.82) is 0 Å².